The van der Waals surface area contributed by atoms with Crippen LogP contribution in [0, 0.1) is 6.92 Å². The fourth-order valence-electron chi connectivity index (χ4n) is 2.90. The van der Waals surface area contributed by atoms with Crippen LogP contribution in [0.4, 0.5) is 16.2 Å². The van der Waals surface area contributed by atoms with Gasteiger partial charge in [-0.25, -0.2) is 9.59 Å². The Balaban J connectivity index is 2.70. The molecule has 1 unspecified atom stereocenters. The monoisotopic (exact) mass is 450 g/mol. The van der Waals surface area contributed by atoms with Gasteiger partial charge in [0.05, 0.1) is 11.7 Å². The Morgan fingerprint density at radius 2 is 1.75 bits per heavy atom. The predicted octanol–water partition coefficient (Wildman–Crippen LogP) is 3.56. The highest BCUT2D eigenvalue weighted by atomic mass is 16.6. The molecule has 1 atom stereocenters. The number of nitrogens with one attached hydrogen (secondary N) is 2. The van der Waals surface area contributed by atoms with Crippen LogP contribution in [0.25, 0.3) is 0 Å². The SMILES string of the molecule is C=CC(=O)OCCOC(=O)Nc1cc(NC(=O)C(C)(C)OC(C)CC(C)(C)O)ccc1C. The molecule has 0 aromatic heterocycles. The predicted molar refractivity (Wildman–Crippen MR) is 121 cm³/mol. The average Bonchev–Trinajstić information content (AvgIpc) is 2.65. The van der Waals surface area contributed by atoms with Crippen molar-refractivity contribution in [2.75, 3.05) is 23.8 Å². The van der Waals surface area contributed by atoms with Crippen LogP contribution >= 0.6 is 0 Å². The lowest BCUT2D eigenvalue weighted by atomic mass is 10.0. The minimum absolute atomic E-state index is 0.0890. The molecule has 0 radical (unpaired) electrons. The van der Waals surface area contributed by atoms with Gasteiger partial charge in [0.25, 0.3) is 5.91 Å². The number of carbonyl (C=O) groups excluding carboxylic acids is 3. The van der Waals surface area contributed by atoms with Gasteiger partial charge in [-0.1, -0.05) is 12.6 Å². The van der Waals surface area contributed by atoms with Gasteiger partial charge in [-0.15, -0.1) is 0 Å². The summed E-state index contributed by atoms with van der Waals surface area (Å²) >= 11 is 0. The van der Waals surface area contributed by atoms with Gasteiger partial charge in [-0.2, -0.15) is 0 Å². The number of aliphatic hydroxyl groups is 1. The topological polar surface area (TPSA) is 123 Å². The summed E-state index contributed by atoms with van der Waals surface area (Å²) in [6, 6.07) is 5.04. The normalized spacial score (nSPS) is 12.5. The maximum atomic E-state index is 12.7. The first-order valence-electron chi connectivity index (χ1n) is 10.3. The van der Waals surface area contributed by atoms with E-state index >= 15 is 0 Å². The molecule has 3 N–H and O–H groups in total. The zero-order valence-electron chi connectivity index (χ0n) is 19.6. The second kappa shape index (κ2) is 11.6. The summed E-state index contributed by atoms with van der Waals surface area (Å²) < 4.78 is 15.5. The average molecular weight is 451 g/mol. The number of hydrogen-bond donors (Lipinski definition) is 3. The molecule has 178 valence electrons. The molecule has 0 aliphatic heterocycles. The number of aryl methyl sites for hydroxylation is 1. The van der Waals surface area contributed by atoms with E-state index in [2.05, 4.69) is 17.2 Å². The van der Waals surface area contributed by atoms with Gasteiger partial charge in [-0.3, -0.25) is 10.1 Å². The smallest absolute Gasteiger partial charge is 0.411 e. The van der Waals surface area contributed by atoms with E-state index in [1.807, 2.05) is 0 Å². The van der Waals surface area contributed by atoms with Crippen molar-refractivity contribution in [2.45, 2.75) is 65.3 Å². The Labute approximate surface area is 189 Å². The molecule has 0 heterocycles. The summed E-state index contributed by atoms with van der Waals surface area (Å²) in [7, 11) is 0. The van der Waals surface area contributed by atoms with Crippen LogP contribution in [-0.4, -0.2) is 53.6 Å². The molecule has 0 aliphatic carbocycles. The van der Waals surface area contributed by atoms with E-state index in [4.69, 9.17) is 14.2 Å². The Morgan fingerprint density at radius 3 is 2.34 bits per heavy atom. The highest BCUT2D eigenvalue weighted by molar-refractivity contribution is 5.97. The van der Waals surface area contributed by atoms with Gasteiger partial charge in [0.2, 0.25) is 0 Å². The fraction of sp³-hybridized carbons (Fsp3) is 0.522. The van der Waals surface area contributed by atoms with Gasteiger partial charge in [-0.05, 0) is 59.2 Å². The quantitative estimate of drug-likeness (QED) is 0.268. The van der Waals surface area contributed by atoms with E-state index in [0.29, 0.717) is 17.8 Å². The summed E-state index contributed by atoms with van der Waals surface area (Å²) in [6.07, 6.45) is 0.322. The molecule has 0 saturated heterocycles. The highest BCUT2D eigenvalue weighted by Crippen LogP contribution is 2.24. The molecular formula is C23H34N2O7. The van der Waals surface area contributed by atoms with Crippen molar-refractivity contribution < 1.29 is 33.7 Å². The molecule has 0 spiro atoms. The molecular weight excluding hydrogens is 416 g/mol. The first-order valence-corrected chi connectivity index (χ1v) is 10.3. The number of amides is 2. The van der Waals surface area contributed by atoms with E-state index in [1.54, 1.807) is 59.7 Å². The van der Waals surface area contributed by atoms with Crippen molar-refractivity contribution in [3.8, 4) is 0 Å². The second-order valence-corrected chi connectivity index (χ2v) is 8.57. The maximum absolute atomic E-state index is 12.7. The molecule has 32 heavy (non-hydrogen) atoms. The largest absolute Gasteiger partial charge is 0.459 e. The van der Waals surface area contributed by atoms with Gasteiger partial charge in [0.1, 0.15) is 18.8 Å². The van der Waals surface area contributed by atoms with Crippen molar-refractivity contribution in [1.82, 2.24) is 0 Å². The summed E-state index contributed by atoms with van der Waals surface area (Å²) in [4.78, 5) is 35.7. The minimum Gasteiger partial charge on any atom is -0.459 e. The van der Waals surface area contributed by atoms with Crippen molar-refractivity contribution in [3.05, 3.63) is 36.4 Å². The summed E-state index contributed by atoms with van der Waals surface area (Å²) in [6.45, 7) is 13.3. The third-order valence-corrected chi connectivity index (χ3v) is 4.29. The third kappa shape index (κ3) is 9.93. The minimum atomic E-state index is -1.15. The molecule has 1 rings (SSSR count). The van der Waals surface area contributed by atoms with Crippen LogP contribution in [0.5, 0.6) is 0 Å². The third-order valence-electron chi connectivity index (χ3n) is 4.29. The van der Waals surface area contributed by atoms with Crippen LogP contribution in [0.15, 0.2) is 30.9 Å². The maximum Gasteiger partial charge on any atom is 0.411 e. The molecule has 9 heteroatoms. The number of hydrogen-bond acceptors (Lipinski definition) is 7. The van der Waals surface area contributed by atoms with Gasteiger partial charge >= 0.3 is 12.1 Å². The van der Waals surface area contributed by atoms with E-state index in [9.17, 15) is 19.5 Å². The van der Waals surface area contributed by atoms with E-state index in [1.165, 1.54) is 0 Å². The van der Waals surface area contributed by atoms with Crippen LogP contribution in [-0.2, 0) is 23.8 Å². The van der Waals surface area contributed by atoms with E-state index in [0.717, 1.165) is 11.6 Å². The zero-order chi connectivity index (χ0) is 24.5. The summed E-state index contributed by atoms with van der Waals surface area (Å²) in [5.41, 5.74) is -0.393. The van der Waals surface area contributed by atoms with Crippen LogP contribution in [0.1, 0.15) is 46.6 Å². The number of rotatable bonds is 11. The van der Waals surface area contributed by atoms with Gasteiger partial charge < -0.3 is 24.6 Å². The number of benzene rings is 1. The molecule has 0 aliphatic rings. The Kier molecular flexibility index (Phi) is 9.86. The summed E-state index contributed by atoms with van der Waals surface area (Å²) in [5, 5.41) is 15.3. The molecule has 1 aromatic rings. The molecule has 0 fully saturated rings. The van der Waals surface area contributed by atoms with Gasteiger partial charge in [0.15, 0.2) is 0 Å². The highest BCUT2D eigenvalue weighted by Gasteiger charge is 2.32. The van der Waals surface area contributed by atoms with Crippen LogP contribution in [0.2, 0.25) is 0 Å². The first kappa shape index (κ1) is 27.1. The van der Waals surface area contributed by atoms with Crippen molar-refractivity contribution in [2.24, 2.45) is 0 Å². The lowest BCUT2D eigenvalue weighted by molar-refractivity contribution is -0.147. The number of carbonyl (C=O) groups is 3. The lowest BCUT2D eigenvalue weighted by Gasteiger charge is -2.31. The van der Waals surface area contributed by atoms with Crippen molar-refractivity contribution in [1.29, 1.82) is 0 Å². The zero-order valence-corrected chi connectivity index (χ0v) is 19.6. The van der Waals surface area contributed by atoms with Crippen molar-refractivity contribution in [3.63, 3.8) is 0 Å². The molecule has 2 amide bonds. The number of ether oxygens (including phenoxy) is 3. The summed E-state index contributed by atoms with van der Waals surface area (Å²) in [5.74, 6) is -0.976. The van der Waals surface area contributed by atoms with E-state index < -0.39 is 23.3 Å². The molecule has 0 bridgehead atoms. The number of esters is 1. The van der Waals surface area contributed by atoms with Crippen LogP contribution in [0.3, 0.4) is 0 Å². The first-order chi connectivity index (χ1) is 14.7. The standard InChI is InChI=1S/C23H34N2O7/c1-8-19(26)30-11-12-31-21(28)25-18-13-17(10-9-15(18)2)24-20(27)23(6,7)32-16(3)14-22(4,5)29/h8-10,13,16,29H,1,11-12,14H2,2-7H3,(H,24,27)(H,25,28). The lowest BCUT2D eigenvalue weighted by Crippen LogP contribution is -2.43. The number of anilines is 2. The Hall–Kier alpha value is -2.91. The van der Waals surface area contributed by atoms with Crippen LogP contribution < -0.4 is 10.6 Å². The Bertz CT molecular complexity index is 828. The molecule has 0 saturated carbocycles. The fourth-order valence-corrected chi connectivity index (χ4v) is 2.90. The molecule has 9 nitrogen and oxygen atoms in total. The van der Waals surface area contributed by atoms with Crippen molar-refractivity contribution >= 4 is 29.3 Å². The molecule has 1 aromatic carbocycles. The second-order valence-electron chi connectivity index (χ2n) is 8.57. The Morgan fingerprint density at radius 1 is 1.12 bits per heavy atom. The van der Waals surface area contributed by atoms with Gasteiger partial charge in [0, 0.05) is 23.9 Å². The van der Waals surface area contributed by atoms with E-state index in [-0.39, 0.29) is 25.2 Å².